The lowest BCUT2D eigenvalue weighted by Crippen LogP contribution is -2.38. The summed E-state index contributed by atoms with van der Waals surface area (Å²) in [6.07, 6.45) is 1.10. The van der Waals surface area contributed by atoms with Crippen LogP contribution in [0.25, 0.3) is 16.6 Å². The molecule has 0 aliphatic heterocycles. The molecule has 5 heteroatoms. The summed E-state index contributed by atoms with van der Waals surface area (Å²) in [6.45, 7) is 6.41. The van der Waals surface area contributed by atoms with E-state index < -0.39 is 0 Å². The fourth-order valence-electron chi connectivity index (χ4n) is 3.52. The van der Waals surface area contributed by atoms with Gasteiger partial charge in [0, 0.05) is 13.0 Å². The van der Waals surface area contributed by atoms with Gasteiger partial charge < -0.3 is 4.90 Å². The van der Waals surface area contributed by atoms with Gasteiger partial charge in [0.15, 0.2) is 0 Å². The first-order chi connectivity index (χ1) is 13.1. The van der Waals surface area contributed by atoms with Crippen molar-refractivity contribution in [1.82, 2.24) is 14.5 Å². The average molecular weight is 363 g/mol. The standard InChI is InChI=1S/C22H25N3O2/c1-4-19(24(6-3)20(26)5-2)21-23-18-15-11-10-14-17(18)22(27)25(21)16-12-8-7-9-13-16/h7-15,19H,4-6H2,1-3H3. The van der Waals surface area contributed by atoms with E-state index >= 15 is 0 Å². The third-order valence-corrected chi connectivity index (χ3v) is 4.84. The summed E-state index contributed by atoms with van der Waals surface area (Å²) in [7, 11) is 0. The monoisotopic (exact) mass is 363 g/mol. The Morgan fingerprint density at radius 3 is 2.33 bits per heavy atom. The summed E-state index contributed by atoms with van der Waals surface area (Å²) in [5, 5.41) is 0.574. The Morgan fingerprint density at radius 2 is 1.70 bits per heavy atom. The molecule has 0 spiro atoms. The van der Waals surface area contributed by atoms with E-state index in [4.69, 9.17) is 4.98 Å². The molecule has 0 N–H and O–H groups in total. The molecular formula is C22H25N3O2. The molecule has 1 amide bonds. The lowest BCUT2D eigenvalue weighted by molar-refractivity contribution is -0.133. The zero-order valence-electron chi connectivity index (χ0n) is 16.1. The van der Waals surface area contributed by atoms with Crippen LogP contribution in [0.2, 0.25) is 0 Å². The summed E-state index contributed by atoms with van der Waals surface area (Å²) in [5.74, 6) is 0.669. The second kappa shape index (κ2) is 8.16. The molecule has 0 bridgehead atoms. The molecule has 3 aromatic rings. The number of amides is 1. The highest BCUT2D eigenvalue weighted by Crippen LogP contribution is 2.26. The van der Waals surface area contributed by atoms with Gasteiger partial charge in [0.1, 0.15) is 5.82 Å². The van der Waals surface area contributed by atoms with E-state index in [1.165, 1.54) is 0 Å². The minimum Gasteiger partial charge on any atom is -0.333 e. The Balaban J connectivity index is 2.33. The number of rotatable bonds is 6. The molecule has 1 heterocycles. The van der Waals surface area contributed by atoms with Gasteiger partial charge >= 0.3 is 0 Å². The lowest BCUT2D eigenvalue weighted by atomic mass is 10.1. The number of aromatic nitrogens is 2. The van der Waals surface area contributed by atoms with Crippen LogP contribution < -0.4 is 5.56 Å². The first kappa shape index (κ1) is 18.8. The van der Waals surface area contributed by atoms with Crippen LogP contribution in [0.15, 0.2) is 59.4 Å². The van der Waals surface area contributed by atoms with E-state index in [-0.39, 0.29) is 17.5 Å². The van der Waals surface area contributed by atoms with Crippen LogP contribution in [0.1, 0.15) is 45.5 Å². The molecule has 140 valence electrons. The number of carbonyl (C=O) groups is 1. The summed E-state index contributed by atoms with van der Waals surface area (Å²) >= 11 is 0. The molecule has 0 fully saturated rings. The van der Waals surface area contributed by atoms with Crippen LogP contribution >= 0.6 is 0 Å². The lowest BCUT2D eigenvalue weighted by Gasteiger charge is -2.31. The van der Waals surface area contributed by atoms with Gasteiger partial charge in [0.25, 0.3) is 5.56 Å². The van der Waals surface area contributed by atoms with Crippen LogP contribution in [0.4, 0.5) is 0 Å². The third-order valence-electron chi connectivity index (χ3n) is 4.84. The first-order valence-corrected chi connectivity index (χ1v) is 9.48. The SMILES string of the molecule is CCC(=O)N(CC)C(CC)c1nc2ccccc2c(=O)n1-c1ccccc1. The maximum absolute atomic E-state index is 13.3. The molecule has 1 unspecified atom stereocenters. The Labute approximate surface area is 159 Å². The maximum atomic E-state index is 13.3. The van der Waals surface area contributed by atoms with Gasteiger partial charge in [-0.25, -0.2) is 4.98 Å². The molecular weight excluding hydrogens is 338 g/mol. The second-order valence-electron chi connectivity index (χ2n) is 6.42. The van der Waals surface area contributed by atoms with Gasteiger partial charge in [-0.05, 0) is 37.6 Å². The Hall–Kier alpha value is -2.95. The average Bonchev–Trinajstić information content (AvgIpc) is 2.72. The van der Waals surface area contributed by atoms with Crippen molar-refractivity contribution in [2.24, 2.45) is 0 Å². The highest BCUT2D eigenvalue weighted by atomic mass is 16.2. The Morgan fingerprint density at radius 1 is 1.04 bits per heavy atom. The van der Waals surface area contributed by atoms with Gasteiger partial charge in [0.2, 0.25) is 5.91 Å². The first-order valence-electron chi connectivity index (χ1n) is 9.48. The number of fused-ring (bicyclic) bond motifs is 1. The number of benzene rings is 2. The van der Waals surface area contributed by atoms with Crippen molar-refractivity contribution in [1.29, 1.82) is 0 Å². The van der Waals surface area contributed by atoms with E-state index in [1.54, 1.807) is 10.6 Å². The molecule has 1 atom stereocenters. The van der Waals surface area contributed by atoms with Crippen LogP contribution in [-0.2, 0) is 4.79 Å². The van der Waals surface area contributed by atoms with Crippen molar-refractivity contribution in [2.75, 3.05) is 6.54 Å². The minimum absolute atomic E-state index is 0.0615. The quantitative estimate of drug-likeness (QED) is 0.663. The van der Waals surface area contributed by atoms with Crippen molar-refractivity contribution in [3.63, 3.8) is 0 Å². The van der Waals surface area contributed by atoms with E-state index in [2.05, 4.69) is 0 Å². The van der Waals surface area contributed by atoms with Crippen LogP contribution in [0, 0.1) is 0 Å². The molecule has 27 heavy (non-hydrogen) atoms. The van der Waals surface area contributed by atoms with Crippen LogP contribution in [-0.4, -0.2) is 26.9 Å². The zero-order chi connectivity index (χ0) is 19.4. The van der Waals surface area contributed by atoms with Crippen LogP contribution in [0.3, 0.4) is 0 Å². The predicted molar refractivity (Wildman–Crippen MR) is 108 cm³/mol. The molecule has 3 rings (SSSR count). The summed E-state index contributed by atoms with van der Waals surface area (Å²) in [4.78, 5) is 32.5. The molecule has 0 aliphatic rings. The van der Waals surface area contributed by atoms with Crippen molar-refractivity contribution in [2.45, 2.75) is 39.7 Å². The molecule has 0 saturated heterocycles. The molecule has 0 aliphatic carbocycles. The second-order valence-corrected chi connectivity index (χ2v) is 6.42. The van der Waals surface area contributed by atoms with E-state index in [0.29, 0.717) is 36.1 Å². The maximum Gasteiger partial charge on any atom is 0.266 e. The molecule has 0 saturated carbocycles. The molecule has 5 nitrogen and oxygen atoms in total. The number of nitrogens with zero attached hydrogens (tertiary/aromatic N) is 3. The predicted octanol–water partition coefficient (Wildman–Crippen LogP) is 4.10. The van der Waals surface area contributed by atoms with Gasteiger partial charge in [-0.1, -0.05) is 44.2 Å². The van der Waals surface area contributed by atoms with Gasteiger partial charge in [-0.2, -0.15) is 0 Å². The van der Waals surface area contributed by atoms with Crippen molar-refractivity contribution >= 4 is 16.8 Å². The van der Waals surface area contributed by atoms with Crippen molar-refractivity contribution in [3.8, 4) is 5.69 Å². The summed E-state index contributed by atoms with van der Waals surface area (Å²) in [6, 6.07) is 16.6. The van der Waals surface area contributed by atoms with Gasteiger partial charge in [-0.15, -0.1) is 0 Å². The Kier molecular flexibility index (Phi) is 5.69. The molecule has 2 aromatic carbocycles. The van der Waals surface area contributed by atoms with E-state index in [1.807, 2.05) is 74.2 Å². The number of para-hydroxylation sites is 2. The Bertz CT molecular complexity index is 995. The fourth-order valence-corrected chi connectivity index (χ4v) is 3.52. The smallest absolute Gasteiger partial charge is 0.266 e. The van der Waals surface area contributed by atoms with Crippen molar-refractivity contribution in [3.05, 3.63) is 70.8 Å². The van der Waals surface area contributed by atoms with E-state index in [0.717, 1.165) is 5.69 Å². The van der Waals surface area contributed by atoms with E-state index in [9.17, 15) is 9.59 Å². The fraction of sp³-hybridized carbons (Fsp3) is 0.318. The number of hydrogen-bond acceptors (Lipinski definition) is 3. The van der Waals surface area contributed by atoms with Gasteiger partial charge in [0.05, 0.1) is 22.6 Å². The molecule has 0 radical (unpaired) electrons. The van der Waals surface area contributed by atoms with Crippen LogP contribution in [0.5, 0.6) is 0 Å². The highest BCUT2D eigenvalue weighted by Gasteiger charge is 2.27. The number of carbonyl (C=O) groups excluding carboxylic acids is 1. The third kappa shape index (κ3) is 3.50. The van der Waals surface area contributed by atoms with Gasteiger partial charge in [-0.3, -0.25) is 14.2 Å². The topological polar surface area (TPSA) is 55.2 Å². The number of hydrogen-bond donors (Lipinski definition) is 0. The highest BCUT2D eigenvalue weighted by molar-refractivity contribution is 5.78. The van der Waals surface area contributed by atoms with Crippen molar-refractivity contribution < 1.29 is 4.79 Å². The zero-order valence-corrected chi connectivity index (χ0v) is 16.1. The summed E-state index contributed by atoms with van der Waals surface area (Å²) < 4.78 is 1.65. The summed E-state index contributed by atoms with van der Waals surface area (Å²) in [5.41, 5.74) is 1.30. The normalized spacial score (nSPS) is 12.1. The largest absolute Gasteiger partial charge is 0.333 e. The molecule has 1 aromatic heterocycles. The minimum atomic E-state index is -0.264.